The molecule has 1 saturated carbocycles. The minimum atomic E-state index is -0.109. The van der Waals surface area contributed by atoms with E-state index in [1.807, 2.05) is 41.5 Å². The smallest absolute Gasteiger partial charge is 0.229 e. The summed E-state index contributed by atoms with van der Waals surface area (Å²) >= 11 is 0. The maximum atomic E-state index is 12.7. The van der Waals surface area contributed by atoms with Gasteiger partial charge >= 0.3 is 0 Å². The van der Waals surface area contributed by atoms with Crippen LogP contribution in [-0.4, -0.2) is 28.8 Å². The van der Waals surface area contributed by atoms with Crippen molar-refractivity contribution in [2.75, 3.05) is 0 Å². The van der Waals surface area contributed by atoms with Crippen LogP contribution in [0.2, 0.25) is 0 Å². The van der Waals surface area contributed by atoms with E-state index in [0.717, 1.165) is 25.7 Å². The van der Waals surface area contributed by atoms with Gasteiger partial charge in [0.05, 0.1) is 0 Å². The van der Waals surface area contributed by atoms with Crippen molar-refractivity contribution in [2.45, 2.75) is 92.2 Å². The third kappa shape index (κ3) is 6.47. The van der Waals surface area contributed by atoms with Crippen LogP contribution >= 0.6 is 0 Å². The Balaban J connectivity index is 2.89. The summed E-state index contributed by atoms with van der Waals surface area (Å²) in [4.78, 5) is 27.1. The van der Waals surface area contributed by atoms with Gasteiger partial charge in [-0.1, -0.05) is 41.5 Å². The highest BCUT2D eigenvalue weighted by atomic mass is 16.2. The molecule has 0 spiro atoms. The first kappa shape index (κ1) is 19.1. The quantitative estimate of drug-likeness (QED) is 0.868. The number of carbonyl (C=O) groups excluding carboxylic acids is 2. The van der Waals surface area contributed by atoms with E-state index in [2.05, 4.69) is 0 Å². The van der Waals surface area contributed by atoms with E-state index >= 15 is 0 Å². The molecule has 1 aliphatic rings. The van der Waals surface area contributed by atoms with Gasteiger partial charge in [-0.05, 0) is 36.5 Å². The van der Waals surface area contributed by atoms with Crippen LogP contribution in [0.5, 0.6) is 0 Å². The van der Waals surface area contributed by atoms with Crippen LogP contribution in [0, 0.1) is 10.8 Å². The molecule has 0 radical (unpaired) electrons. The molecule has 22 heavy (non-hydrogen) atoms. The number of amides is 2. The fourth-order valence-corrected chi connectivity index (χ4v) is 2.98. The third-order valence-electron chi connectivity index (χ3n) is 4.01. The summed E-state index contributed by atoms with van der Waals surface area (Å²) in [6.45, 7) is 12.2. The van der Waals surface area contributed by atoms with Crippen molar-refractivity contribution < 1.29 is 9.59 Å². The van der Waals surface area contributed by atoms with Gasteiger partial charge in [0.2, 0.25) is 11.8 Å². The molecule has 0 unspecified atom stereocenters. The van der Waals surface area contributed by atoms with Crippen molar-refractivity contribution in [3.05, 3.63) is 0 Å². The van der Waals surface area contributed by atoms with E-state index in [1.54, 1.807) is 4.90 Å². The average molecular weight is 310 g/mol. The second-order valence-corrected chi connectivity index (χ2v) is 9.20. The molecule has 4 heteroatoms. The molecule has 0 heterocycles. The van der Waals surface area contributed by atoms with Crippen molar-refractivity contribution in [2.24, 2.45) is 16.6 Å². The fraction of sp³-hybridized carbons (Fsp3) is 0.889. The molecule has 0 aromatic rings. The standard InChI is InChI=1S/C18H34N2O2/c1-17(2,3)11-15(21)20(16(22)12-18(4,5)6)14-9-7-13(19)8-10-14/h13-14H,7-12,19H2,1-6H3. The number of imide groups is 1. The predicted octanol–water partition coefficient (Wildman–Crippen LogP) is 3.48. The molecule has 2 N–H and O–H groups in total. The lowest BCUT2D eigenvalue weighted by molar-refractivity contribution is -0.150. The molecule has 1 rings (SSSR count). The van der Waals surface area contributed by atoms with Gasteiger partial charge < -0.3 is 5.73 Å². The van der Waals surface area contributed by atoms with Crippen molar-refractivity contribution in [3.63, 3.8) is 0 Å². The molecule has 4 nitrogen and oxygen atoms in total. The molecule has 1 aliphatic carbocycles. The van der Waals surface area contributed by atoms with Crippen LogP contribution in [0.4, 0.5) is 0 Å². The van der Waals surface area contributed by atoms with Gasteiger partial charge in [-0.25, -0.2) is 0 Å². The van der Waals surface area contributed by atoms with E-state index in [-0.39, 0.29) is 34.7 Å². The largest absolute Gasteiger partial charge is 0.328 e. The van der Waals surface area contributed by atoms with E-state index in [4.69, 9.17) is 5.73 Å². The van der Waals surface area contributed by atoms with E-state index in [0.29, 0.717) is 12.8 Å². The molecule has 0 aromatic heterocycles. The maximum absolute atomic E-state index is 12.7. The summed E-state index contributed by atoms with van der Waals surface area (Å²) < 4.78 is 0. The Bertz CT molecular complexity index is 368. The van der Waals surface area contributed by atoms with Crippen LogP contribution in [0.1, 0.15) is 80.1 Å². The SMILES string of the molecule is CC(C)(C)CC(=O)N(C(=O)CC(C)(C)C)C1CCC(N)CC1. The van der Waals surface area contributed by atoms with Gasteiger partial charge in [-0.2, -0.15) is 0 Å². The van der Waals surface area contributed by atoms with Crippen LogP contribution in [0.25, 0.3) is 0 Å². The molecule has 0 saturated heterocycles. The summed E-state index contributed by atoms with van der Waals surface area (Å²) in [6, 6.07) is 0.248. The molecule has 0 aromatic carbocycles. The van der Waals surface area contributed by atoms with Crippen molar-refractivity contribution in [1.29, 1.82) is 0 Å². The Kier molecular flexibility index (Phi) is 6.19. The van der Waals surface area contributed by atoms with Crippen LogP contribution in [-0.2, 0) is 9.59 Å². The summed E-state index contributed by atoms with van der Waals surface area (Å²) in [5, 5.41) is 0. The fourth-order valence-electron chi connectivity index (χ4n) is 2.98. The number of nitrogens with zero attached hydrogens (tertiary/aromatic N) is 1. The lowest BCUT2D eigenvalue weighted by Gasteiger charge is -2.37. The van der Waals surface area contributed by atoms with Crippen LogP contribution in [0.15, 0.2) is 0 Å². The molecule has 0 aliphatic heterocycles. The maximum Gasteiger partial charge on any atom is 0.229 e. The van der Waals surface area contributed by atoms with Gasteiger partial charge in [0, 0.05) is 24.9 Å². The summed E-state index contributed by atoms with van der Waals surface area (Å²) in [5.41, 5.74) is 5.75. The molecule has 128 valence electrons. The monoisotopic (exact) mass is 310 g/mol. The summed E-state index contributed by atoms with van der Waals surface area (Å²) in [6.07, 6.45) is 4.29. The summed E-state index contributed by atoms with van der Waals surface area (Å²) in [7, 11) is 0. The van der Waals surface area contributed by atoms with Crippen molar-refractivity contribution in [1.82, 2.24) is 4.90 Å². The average Bonchev–Trinajstić information content (AvgIpc) is 2.27. The minimum absolute atomic E-state index is 0.0257. The van der Waals surface area contributed by atoms with E-state index in [1.165, 1.54) is 0 Å². The number of nitrogens with two attached hydrogens (primary N) is 1. The van der Waals surface area contributed by atoms with Gasteiger partial charge in [0.15, 0.2) is 0 Å². The number of rotatable bonds is 3. The highest BCUT2D eigenvalue weighted by molar-refractivity contribution is 5.96. The lowest BCUT2D eigenvalue weighted by Crippen LogP contribution is -2.49. The van der Waals surface area contributed by atoms with Gasteiger partial charge in [-0.3, -0.25) is 14.5 Å². The van der Waals surface area contributed by atoms with Crippen molar-refractivity contribution in [3.8, 4) is 0 Å². The van der Waals surface area contributed by atoms with Gasteiger partial charge in [0.1, 0.15) is 0 Å². The first-order valence-corrected chi connectivity index (χ1v) is 8.49. The highest BCUT2D eigenvalue weighted by Gasteiger charge is 2.35. The number of hydrogen-bond donors (Lipinski definition) is 1. The Morgan fingerprint density at radius 2 is 1.23 bits per heavy atom. The third-order valence-corrected chi connectivity index (χ3v) is 4.01. The minimum Gasteiger partial charge on any atom is -0.328 e. The first-order valence-electron chi connectivity index (χ1n) is 8.49. The topological polar surface area (TPSA) is 63.4 Å². The molecule has 2 amide bonds. The van der Waals surface area contributed by atoms with Gasteiger partial charge in [-0.15, -0.1) is 0 Å². The van der Waals surface area contributed by atoms with E-state index < -0.39 is 0 Å². The molecular formula is C18H34N2O2. The van der Waals surface area contributed by atoms with Crippen molar-refractivity contribution >= 4 is 11.8 Å². The normalized spacial score (nSPS) is 23.2. The zero-order valence-corrected chi connectivity index (χ0v) is 15.2. The zero-order valence-electron chi connectivity index (χ0n) is 15.2. The highest BCUT2D eigenvalue weighted by Crippen LogP contribution is 2.29. The Morgan fingerprint density at radius 1 is 0.864 bits per heavy atom. The zero-order chi connectivity index (χ0) is 17.1. The molecular weight excluding hydrogens is 276 g/mol. The lowest BCUT2D eigenvalue weighted by atomic mass is 9.86. The van der Waals surface area contributed by atoms with Crippen LogP contribution in [0.3, 0.4) is 0 Å². The molecule has 1 fully saturated rings. The molecule has 0 bridgehead atoms. The number of hydrogen-bond acceptors (Lipinski definition) is 3. The summed E-state index contributed by atoms with van der Waals surface area (Å²) in [5.74, 6) is -0.0514. The first-order chi connectivity index (χ1) is 9.89. The Morgan fingerprint density at radius 3 is 1.55 bits per heavy atom. The Labute approximate surface area is 135 Å². The van der Waals surface area contributed by atoms with Crippen LogP contribution < -0.4 is 5.73 Å². The second kappa shape index (κ2) is 7.12. The Hall–Kier alpha value is -0.900. The number of carbonyl (C=O) groups is 2. The second-order valence-electron chi connectivity index (χ2n) is 9.20. The molecule has 0 atom stereocenters. The predicted molar refractivity (Wildman–Crippen MR) is 90.2 cm³/mol. The van der Waals surface area contributed by atoms with Gasteiger partial charge in [0.25, 0.3) is 0 Å². The van der Waals surface area contributed by atoms with E-state index in [9.17, 15) is 9.59 Å².